The molecule has 0 aliphatic carbocycles. The van der Waals surface area contributed by atoms with Crippen molar-refractivity contribution in [3.8, 4) is 6.07 Å². The van der Waals surface area contributed by atoms with Crippen molar-refractivity contribution in [2.24, 2.45) is 0 Å². The fourth-order valence-electron chi connectivity index (χ4n) is 3.16. The van der Waals surface area contributed by atoms with E-state index >= 15 is 0 Å². The lowest BCUT2D eigenvalue weighted by atomic mass is 10.1. The third-order valence-corrected chi connectivity index (χ3v) is 4.53. The minimum absolute atomic E-state index is 0.225. The SMILES string of the molecule is COC(=O)/C(C#N)=C\c1c(N2CCCCC2)nc2c(C)cccn2c1=O. The van der Waals surface area contributed by atoms with E-state index < -0.39 is 5.97 Å². The van der Waals surface area contributed by atoms with Crippen LogP contribution in [0.1, 0.15) is 30.4 Å². The number of fused-ring (bicyclic) bond motifs is 1. The van der Waals surface area contributed by atoms with Crippen molar-refractivity contribution in [1.82, 2.24) is 9.38 Å². The Morgan fingerprint density at radius 3 is 2.73 bits per heavy atom. The summed E-state index contributed by atoms with van der Waals surface area (Å²) in [5.41, 5.74) is 1.16. The van der Waals surface area contributed by atoms with Crippen molar-refractivity contribution >= 4 is 23.5 Å². The number of rotatable bonds is 3. The van der Waals surface area contributed by atoms with Crippen molar-refractivity contribution in [2.45, 2.75) is 26.2 Å². The Morgan fingerprint density at radius 1 is 1.35 bits per heavy atom. The Balaban J connectivity index is 2.30. The summed E-state index contributed by atoms with van der Waals surface area (Å²) in [6.07, 6.45) is 6.10. The third-order valence-electron chi connectivity index (χ3n) is 4.53. The van der Waals surface area contributed by atoms with Gasteiger partial charge in [0, 0.05) is 19.3 Å². The average Bonchev–Trinajstić information content (AvgIpc) is 2.68. The molecule has 7 heteroatoms. The highest BCUT2D eigenvalue weighted by Crippen LogP contribution is 2.23. The van der Waals surface area contributed by atoms with Crippen molar-refractivity contribution in [3.05, 3.63) is 45.4 Å². The molecule has 3 rings (SSSR count). The summed E-state index contributed by atoms with van der Waals surface area (Å²) in [5, 5.41) is 9.28. The zero-order valence-corrected chi connectivity index (χ0v) is 14.9. The number of carbonyl (C=O) groups is 1. The molecule has 2 aromatic heterocycles. The molecule has 134 valence electrons. The first-order chi connectivity index (χ1) is 12.6. The van der Waals surface area contributed by atoms with E-state index in [0.29, 0.717) is 11.5 Å². The first-order valence-corrected chi connectivity index (χ1v) is 8.54. The molecule has 1 aliphatic heterocycles. The van der Waals surface area contributed by atoms with E-state index in [1.807, 2.05) is 19.1 Å². The summed E-state index contributed by atoms with van der Waals surface area (Å²) < 4.78 is 6.08. The molecule has 1 saturated heterocycles. The van der Waals surface area contributed by atoms with E-state index in [9.17, 15) is 14.9 Å². The Hall–Kier alpha value is -3.14. The number of carbonyl (C=O) groups excluding carboxylic acids is 1. The molecule has 1 fully saturated rings. The maximum absolute atomic E-state index is 13.1. The van der Waals surface area contributed by atoms with Gasteiger partial charge in [0.05, 0.1) is 12.7 Å². The molecule has 0 aromatic carbocycles. The first kappa shape index (κ1) is 17.7. The predicted molar refractivity (Wildman–Crippen MR) is 97.9 cm³/mol. The second-order valence-electron chi connectivity index (χ2n) is 6.25. The lowest BCUT2D eigenvalue weighted by Gasteiger charge is -2.29. The van der Waals surface area contributed by atoms with Gasteiger partial charge in [0.1, 0.15) is 23.1 Å². The molecule has 0 N–H and O–H groups in total. The molecule has 7 nitrogen and oxygen atoms in total. The van der Waals surface area contributed by atoms with Gasteiger partial charge < -0.3 is 9.64 Å². The van der Waals surface area contributed by atoms with Gasteiger partial charge in [-0.1, -0.05) is 6.07 Å². The number of piperidine rings is 1. The van der Waals surface area contributed by atoms with Gasteiger partial charge in [-0.05, 0) is 43.9 Å². The lowest BCUT2D eigenvalue weighted by Crippen LogP contribution is -2.33. The third kappa shape index (κ3) is 3.18. The van der Waals surface area contributed by atoms with Crippen molar-refractivity contribution < 1.29 is 9.53 Å². The molecular weight excluding hydrogens is 332 g/mol. The van der Waals surface area contributed by atoms with Crippen LogP contribution in [0.2, 0.25) is 0 Å². The fourth-order valence-corrected chi connectivity index (χ4v) is 3.16. The smallest absolute Gasteiger partial charge is 0.348 e. The Labute approximate surface area is 151 Å². The molecule has 0 unspecified atom stereocenters. The molecule has 0 bridgehead atoms. The van der Waals surface area contributed by atoms with Gasteiger partial charge in [0.15, 0.2) is 0 Å². The summed E-state index contributed by atoms with van der Waals surface area (Å²) in [5.74, 6) is -0.258. The van der Waals surface area contributed by atoms with Crippen LogP contribution >= 0.6 is 0 Å². The molecule has 0 spiro atoms. The maximum Gasteiger partial charge on any atom is 0.348 e. The van der Waals surface area contributed by atoms with Crippen LogP contribution in [0.4, 0.5) is 5.82 Å². The highest BCUT2D eigenvalue weighted by molar-refractivity contribution is 5.98. The first-order valence-electron chi connectivity index (χ1n) is 8.54. The van der Waals surface area contributed by atoms with E-state index in [1.165, 1.54) is 17.6 Å². The molecular formula is C19H20N4O3. The zero-order chi connectivity index (χ0) is 18.7. The van der Waals surface area contributed by atoms with E-state index in [-0.39, 0.29) is 16.7 Å². The normalized spacial score (nSPS) is 15.0. The van der Waals surface area contributed by atoms with Gasteiger partial charge >= 0.3 is 5.97 Å². The highest BCUT2D eigenvalue weighted by atomic mass is 16.5. The summed E-state index contributed by atoms with van der Waals surface area (Å²) >= 11 is 0. The van der Waals surface area contributed by atoms with E-state index in [1.54, 1.807) is 12.3 Å². The van der Waals surface area contributed by atoms with Crippen LogP contribution < -0.4 is 10.5 Å². The van der Waals surface area contributed by atoms with Gasteiger partial charge in [-0.2, -0.15) is 5.26 Å². The average molecular weight is 352 g/mol. The second-order valence-corrected chi connectivity index (χ2v) is 6.25. The number of anilines is 1. The van der Waals surface area contributed by atoms with E-state index in [0.717, 1.165) is 37.9 Å². The molecule has 0 amide bonds. The number of aryl methyl sites for hydroxylation is 1. The number of nitriles is 1. The number of nitrogens with zero attached hydrogens (tertiary/aromatic N) is 4. The van der Waals surface area contributed by atoms with Gasteiger partial charge in [0.2, 0.25) is 0 Å². The Kier molecular flexibility index (Phi) is 5.03. The number of esters is 1. The van der Waals surface area contributed by atoms with Crippen LogP contribution in [0.3, 0.4) is 0 Å². The quantitative estimate of drug-likeness (QED) is 0.477. The fraction of sp³-hybridized carbons (Fsp3) is 0.368. The number of hydrogen-bond acceptors (Lipinski definition) is 6. The van der Waals surface area contributed by atoms with Crippen LogP contribution in [0.25, 0.3) is 11.7 Å². The number of pyridine rings is 1. The van der Waals surface area contributed by atoms with Crippen LogP contribution in [-0.2, 0) is 9.53 Å². The van der Waals surface area contributed by atoms with Gasteiger partial charge in [-0.15, -0.1) is 0 Å². The van der Waals surface area contributed by atoms with Crippen LogP contribution in [0.15, 0.2) is 28.7 Å². The molecule has 1 aliphatic rings. The lowest BCUT2D eigenvalue weighted by molar-refractivity contribution is -0.135. The predicted octanol–water partition coefficient (Wildman–Crippen LogP) is 2.07. The zero-order valence-electron chi connectivity index (χ0n) is 14.9. The molecule has 0 saturated carbocycles. The van der Waals surface area contributed by atoms with Gasteiger partial charge in [0.25, 0.3) is 5.56 Å². The summed E-state index contributed by atoms with van der Waals surface area (Å²) in [6.45, 7) is 3.47. The minimum atomic E-state index is -0.772. The number of hydrogen-bond donors (Lipinski definition) is 0. The molecule has 26 heavy (non-hydrogen) atoms. The van der Waals surface area contributed by atoms with Gasteiger partial charge in [-0.25, -0.2) is 9.78 Å². The summed E-state index contributed by atoms with van der Waals surface area (Å²) in [4.78, 5) is 31.7. The topological polar surface area (TPSA) is 87.7 Å². The van der Waals surface area contributed by atoms with E-state index in [2.05, 4.69) is 9.64 Å². The summed E-state index contributed by atoms with van der Waals surface area (Å²) in [7, 11) is 1.20. The summed E-state index contributed by atoms with van der Waals surface area (Å²) in [6, 6.07) is 5.47. The number of aromatic nitrogens is 2. The van der Waals surface area contributed by atoms with Crippen molar-refractivity contribution in [1.29, 1.82) is 5.26 Å². The monoisotopic (exact) mass is 352 g/mol. The largest absolute Gasteiger partial charge is 0.465 e. The second kappa shape index (κ2) is 7.40. The minimum Gasteiger partial charge on any atom is -0.465 e. The van der Waals surface area contributed by atoms with Crippen LogP contribution in [-0.4, -0.2) is 35.6 Å². The maximum atomic E-state index is 13.1. The molecule has 0 atom stereocenters. The van der Waals surface area contributed by atoms with E-state index in [4.69, 9.17) is 4.98 Å². The van der Waals surface area contributed by atoms with Crippen LogP contribution in [0, 0.1) is 18.3 Å². The highest BCUT2D eigenvalue weighted by Gasteiger charge is 2.21. The molecule has 2 aromatic rings. The van der Waals surface area contributed by atoms with Gasteiger partial charge in [-0.3, -0.25) is 9.20 Å². The number of methoxy groups -OCH3 is 1. The molecule has 3 heterocycles. The molecule has 0 radical (unpaired) electrons. The van der Waals surface area contributed by atoms with Crippen molar-refractivity contribution in [3.63, 3.8) is 0 Å². The Morgan fingerprint density at radius 2 is 2.08 bits per heavy atom. The van der Waals surface area contributed by atoms with Crippen molar-refractivity contribution in [2.75, 3.05) is 25.1 Å². The van der Waals surface area contributed by atoms with Crippen LogP contribution in [0.5, 0.6) is 0 Å². The Bertz CT molecular complexity index is 979. The number of ether oxygens (including phenoxy) is 1. The standard InChI is InChI=1S/C19H20N4O3/c1-13-7-6-10-23-16(13)21-17(22-8-4-3-5-9-22)15(18(23)24)11-14(12-20)19(25)26-2/h6-7,10-11H,3-5,8-9H2,1-2H3/b14-11-.